The highest BCUT2D eigenvalue weighted by Gasteiger charge is 2.23. The molecule has 150 valence electrons. The van der Waals surface area contributed by atoms with Crippen molar-refractivity contribution in [2.24, 2.45) is 0 Å². The van der Waals surface area contributed by atoms with Gasteiger partial charge < -0.3 is 29.0 Å². The van der Waals surface area contributed by atoms with Gasteiger partial charge in [-0.05, 0) is 25.1 Å². The van der Waals surface area contributed by atoms with E-state index in [-0.39, 0.29) is 41.2 Å². The summed E-state index contributed by atoms with van der Waals surface area (Å²) in [6.07, 6.45) is 0. The van der Waals surface area contributed by atoms with Crippen LogP contribution in [-0.2, 0) is 9.53 Å². The lowest BCUT2D eigenvalue weighted by Crippen LogP contribution is -2.22. The summed E-state index contributed by atoms with van der Waals surface area (Å²) in [5.74, 6) is -0.188. The molecule has 0 saturated heterocycles. The number of amides is 1. The van der Waals surface area contributed by atoms with E-state index in [2.05, 4.69) is 5.32 Å². The van der Waals surface area contributed by atoms with Crippen LogP contribution in [0.3, 0.4) is 0 Å². The number of benzene rings is 2. The molecule has 4 rings (SSSR count). The van der Waals surface area contributed by atoms with E-state index in [1.165, 1.54) is 31.2 Å². The van der Waals surface area contributed by atoms with E-state index in [1.807, 2.05) is 0 Å². The zero-order valence-electron chi connectivity index (χ0n) is 15.1. The molecule has 0 aliphatic carbocycles. The highest BCUT2D eigenvalue weighted by atomic mass is 35.5. The number of anilines is 1. The van der Waals surface area contributed by atoms with Crippen LogP contribution >= 0.6 is 11.6 Å². The van der Waals surface area contributed by atoms with Crippen molar-refractivity contribution in [2.75, 3.05) is 25.5 Å². The van der Waals surface area contributed by atoms with Crippen molar-refractivity contribution < 1.29 is 38.1 Å². The number of halogens is 1. The van der Waals surface area contributed by atoms with Crippen LogP contribution in [-0.4, -0.2) is 37.9 Å². The fourth-order valence-electron chi connectivity index (χ4n) is 2.82. The maximum absolute atomic E-state index is 12.2. The third kappa shape index (κ3) is 3.77. The number of Topliss-reactive ketones (excluding diaryl/α,β-unsaturated/α-hetero) is 1. The van der Waals surface area contributed by atoms with Crippen molar-refractivity contribution in [1.29, 1.82) is 0 Å². The number of nitrogens with one attached hydrogen (secondary N) is 1. The van der Waals surface area contributed by atoms with E-state index in [1.54, 1.807) is 0 Å². The topological polar surface area (TPSA) is 109 Å². The minimum absolute atomic E-state index is 0.00394. The molecule has 0 aromatic heterocycles. The maximum atomic E-state index is 12.2. The van der Waals surface area contributed by atoms with Crippen molar-refractivity contribution in [3.05, 3.63) is 40.4 Å². The first-order chi connectivity index (χ1) is 13.9. The number of rotatable bonds is 5. The van der Waals surface area contributed by atoms with E-state index >= 15 is 0 Å². The van der Waals surface area contributed by atoms with Crippen LogP contribution in [0.5, 0.6) is 23.0 Å². The normalized spacial score (nSPS) is 13.2. The van der Waals surface area contributed by atoms with Gasteiger partial charge >= 0.3 is 5.97 Å². The van der Waals surface area contributed by atoms with Gasteiger partial charge in [-0.15, -0.1) is 0 Å². The van der Waals surface area contributed by atoms with Crippen molar-refractivity contribution in [2.45, 2.75) is 6.92 Å². The Morgan fingerprint density at radius 1 is 1.00 bits per heavy atom. The fraction of sp³-hybridized carbons (Fsp3) is 0.211. The second kappa shape index (κ2) is 7.51. The Kier molecular flexibility index (Phi) is 4.89. The van der Waals surface area contributed by atoms with E-state index in [4.69, 9.17) is 35.3 Å². The Balaban J connectivity index is 1.43. The smallest absolute Gasteiger partial charge is 0.338 e. The van der Waals surface area contributed by atoms with Crippen LogP contribution in [0.25, 0.3) is 0 Å². The van der Waals surface area contributed by atoms with Crippen molar-refractivity contribution in [3.63, 3.8) is 0 Å². The second-order valence-corrected chi connectivity index (χ2v) is 6.53. The lowest BCUT2D eigenvalue weighted by Gasteiger charge is -2.11. The Morgan fingerprint density at radius 2 is 1.69 bits per heavy atom. The summed E-state index contributed by atoms with van der Waals surface area (Å²) in [6.45, 7) is 0.817. The predicted molar refractivity (Wildman–Crippen MR) is 99.1 cm³/mol. The SMILES string of the molecule is CC(=O)c1cc2c(cc1NC(=O)COC(=O)c1cc(Cl)c3c(c1)OCO3)OCO2. The van der Waals surface area contributed by atoms with Gasteiger partial charge in [-0.2, -0.15) is 0 Å². The predicted octanol–water partition coefficient (Wildman–Crippen LogP) is 2.80. The number of hydrogen-bond acceptors (Lipinski definition) is 8. The molecule has 29 heavy (non-hydrogen) atoms. The molecule has 2 aromatic carbocycles. The molecular weight excluding hydrogens is 406 g/mol. The number of esters is 1. The number of ether oxygens (including phenoxy) is 5. The molecule has 1 N–H and O–H groups in total. The number of carbonyl (C=O) groups excluding carboxylic acids is 3. The molecule has 2 heterocycles. The van der Waals surface area contributed by atoms with Gasteiger partial charge in [0, 0.05) is 11.6 Å². The van der Waals surface area contributed by atoms with Gasteiger partial charge in [0.2, 0.25) is 13.6 Å². The van der Waals surface area contributed by atoms with E-state index < -0.39 is 18.5 Å². The third-order valence-corrected chi connectivity index (χ3v) is 4.44. The molecule has 0 unspecified atom stereocenters. The Bertz CT molecular complexity index is 1040. The monoisotopic (exact) mass is 419 g/mol. The number of carbonyl (C=O) groups is 3. The van der Waals surface area contributed by atoms with Crippen LogP contribution < -0.4 is 24.3 Å². The van der Waals surface area contributed by atoms with E-state index in [0.717, 1.165) is 0 Å². The first-order valence-electron chi connectivity index (χ1n) is 8.43. The maximum Gasteiger partial charge on any atom is 0.338 e. The highest BCUT2D eigenvalue weighted by molar-refractivity contribution is 6.32. The van der Waals surface area contributed by atoms with Gasteiger partial charge in [0.1, 0.15) is 0 Å². The Labute approximate surface area is 169 Å². The average Bonchev–Trinajstić information content (AvgIpc) is 3.34. The average molecular weight is 420 g/mol. The summed E-state index contributed by atoms with van der Waals surface area (Å²) in [4.78, 5) is 36.3. The zero-order valence-corrected chi connectivity index (χ0v) is 15.8. The zero-order chi connectivity index (χ0) is 20.5. The summed E-state index contributed by atoms with van der Waals surface area (Å²) in [6, 6.07) is 5.75. The van der Waals surface area contributed by atoms with Crippen molar-refractivity contribution >= 4 is 34.9 Å². The van der Waals surface area contributed by atoms with Gasteiger partial charge in [-0.25, -0.2) is 4.79 Å². The first kappa shape index (κ1) is 18.9. The molecule has 0 radical (unpaired) electrons. The van der Waals surface area contributed by atoms with E-state index in [9.17, 15) is 14.4 Å². The molecule has 2 aromatic rings. The van der Waals surface area contributed by atoms with Crippen LogP contribution in [0.2, 0.25) is 5.02 Å². The molecule has 0 spiro atoms. The number of fused-ring (bicyclic) bond motifs is 2. The quantitative estimate of drug-likeness (QED) is 0.582. The molecule has 9 nitrogen and oxygen atoms in total. The molecule has 1 amide bonds. The number of ketones is 1. The molecule has 0 fully saturated rings. The highest BCUT2D eigenvalue weighted by Crippen LogP contribution is 2.40. The molecule has 0 saturated carbocycles. The van der Waals surface area contributed by atoms with Gasteiger partial charge in [-0.1, -0.05) is 11.6 Å². The third-order valence-electron chi connectivity index (χ3n) is 4.16. The van der Waals surface area contributed by atoms with Crippen LogP contribution in [0.1, 0.15) is 27.6 Å². The minimum Gasteiger partial charge on any atom is -0.454 e. The van der Waals surface area contributed by atoms with E-state index in [0.29, 0.717) is 23.0 Å². The Morgan fingerprint density at radius 3 is 2.45 bits per heavy atom. The molecule has 2 aliphatic heterocycles. The summed E-state index contributed by atoms with van der Waals surface area (Å²) in [7, 11) is 0. The molecule has 0 atom stereocenters. The first-order valence-corrected chi connectivity index (χ1v) is 8.81. The van der Waals surface area contributed by atoms with Gasteiger partial charge in [-0.3, -0.25) is 9.59 Å². The van der Waals surface area contributed by atoms with Crippen LogP contribution in [0.15, 0.2) is 24.3 Å². The minimum atomic E-state index is -0.766. The lowest BCUT2D eigenvalue weighted by molar-refractivity contribution is -0.119. The lowest BCUT2D eigenvalue weighted by atomic mass is 10.1. The van der Waals surface area contributed by atoms with Crippen molar-refractivity contribution in [1.82, 2.24) is 0 Å². The number of hydrogen-bond donors (Lipinski definition) is 1. The summed E-state index contributed by atoms with van der Waals surface area (Å²) < 4.78 is 25.9. The largest absolute Gasteiger partial charge is 0.454 e. The van der Waals surface area contributed by atoms with Crippen molar-refractivity contribution in [3.8, 4) is 23.0 Å². The Hall–Kier alpha value is -3.46. The molecular formula is C19H14ClNO8. The van der Waals surface area contributed by atoms with Crippen LogP contribution in [0, 0.1) is 0 Å². The van der Waals surface area contributed by atoms with Crippen LogP contribution in [0.4, 0.5) is 5.69 Å². The standard InChI is InChI=1S/C19H14ClNO8/c1-9(22)11-4-14-15(27-7-26-14)5-13(11)21-17(23)6-25-19(24)10-2-12(20)18-16(3-10)28-8-29-18/h2-5H,6-8H2,1H3,(H,21,23). The second-order valence-electron chi connectivity index (χ2n) is 6.12. The van der Waals surface area contributed by atoms with Gasteiger partial charge in [0.05, 0.1) is 16.3 Å². The van der Waals surface area contributed by atoms with Gasteiger partial charge in [0.25, 0.3) is 5.91 Å². The summed E-state index contributed by atoms with van der Waals surface area (Å²) >= 11 is 6.04. The molecule has 2 aliphatic rings. The summed E-state index contributed by atoms with van der Waals surface area (Å²) in [5.41, 5.74) is 0.588. The molecule has 10 heteroatoms. The molecule has 0 bridgehead atoms. The summed E-state index contributed by atoms with van der Waals surface area (Å²) in [5, 5.41) is 2.74. The fourth-order valence-corrected chi connectivity index (χ4v) is 3.09. The van der Waals surface area contributed by atoms with Gasteiger partial charge in [0.15, 0.2) is 35.4 Å².